The molecule has 0 bridgehead atoms. The lowest BCUT2D eigenvalue weighted by atomic mass is 9.85. The van der Waals surface area contributed by atoms with Gasteiger partial charge in [-0.3, -0.25) is 4.79 Å². The molecule has 18 heavy (non-hydrogen) atoms. The number of hydrogen-bond acceptors (Lipinski definition) is 3. The van der Waals surface area contributed by atoms with Gasteiger partial charge in [-0.15, -0.1) is 0 Å². The van der Waals surface area contributed by atoms with Gasteiger partial charge in [-0.2, -0.15) is 13.2 Å². The molecule has 0 aliphatic heterocycles. The Hall–Kier alpha value is -0.820. The van der Waals surface area contributed by atoms with E-state index in [1.54, 1.807) is 0 Å². The van der Waals surface area contributed by atoms with E-state index in [0.29, 0.717) is 12.8 Å². The average molecular weight is 268 g/mol. The van der Waals surface area contributed by atoms with Gasteiger partial charge >= 0.3 is 6.18 Å². The van der Waals surface area contributed by atoms with Crippen LogP contribution in [0.4, 0.5) is 13.2 Å². The number of halogens is 3. The van der Waals surface area contributed by atoms with Gasteiger partial charge in [0.05, 0.1) is 5.92 Å². The first-order valence-electron chi connectivity index (χ1n) is 5.98. The first-order valence-corrected chi connectivity index (χ1v) is 5.98. The molecular formula is C11H19F3N2O2. The van der Waals surface area contributed by atoms with Crippen molar-refractivity contribution in [3.63, 3.8) is 0 Å². The molecule has 0 radical (unpaired) electrons. The van der Waals surface area contributed by atoms with Crippen molar-refractivity contribution in [2.24, 2.45) is 11.7 Å². The van der Waals surface area contributed by atoms with E-state index in [-0.39, 0.29) is 19.4 Å². The van der Waals surface area contributed by atoms with Crippen LogP contribution in [0, 0.1) is 5.92 Å². The first kappa shape index (κ1) is 15.2. The number of carbonyl (C=O) groups excluding carboxylic acids is 1. The fourth-order valence-corrected chi connectivity index (χ4v) is 2.22. The van der Waals surface area contributed by atoms with Crippen LogP contribution in [-0.2, 0) is 9.53 Å². The van der Waals surface area contributed by atoms with Gasteiger partial charge in [0, 0.05) is 19.7 Å². The zero-order chi connectivity index (χ0) is 13.8. The van der Waals surface area contributed by atoms with E-state index in [0.717, 1.165) is 0 Å². The van der Waals surface area contributed by atoms with Gasteiger partial charge in [0.2, 0.25) is 0 Å². The van der Waals surface area contributed by atoms with E-state index in [4.69, 9.17) is 10.5 Å². The molecule has 3 unspecified atom stereocenters. The first-order chi connectivity index (χ1) is 8.38. The van der Waals surface area contributed by atoms with Crippen LogP contribution in [-0.4, -0.2) is 37.9 Å². The van der Waals surface area contributed by atoms with E-state index >= 15 is 0 Å². The van der Waals surface area contributed by atoms with Gasteiger partial charge in [0.25, 0.3) is 5.91 Å². The minimum absolute atomic E-state index is 0.0117. The molecule has 1 amide bonds. The smallest absolute Gasteiger partial charge is 0.370 e. The van der Waals surface area contributed by atoms with Gasteiger partial charge in [-0.1, -0.05) is 6.42 Å². The highest BCUT2D eigenvalue weighted by atomic mass is 19.4. The second-order valence-corrected chi connectivity index (χ2v) is 4.57. The Morgan fingerprint density at radius 3 is 2.67 bits per heavy atom. The molecule has 0 spiro atoms. The predicted molar refractivity (Wildman–Crippen MR) is 59.8 cm³/mol. The summed E-state index contributed by atoms with van der Waals surface area (Å²) in [7, 11) is 1.34. The van der Waals surface area contributed by atoms with Crippen molar-refractivity contribution in [3.05, 3.63) is 0 Å². The number of nitrogens with two attached hydrogens (primary N) is 1. The highest BCUT2D eigenvalue weighted by molar-refractivity contribution is 5.81. The molecule has 1 saturated carbocycles. The monoisotopic (exact) mass is 268 g/mol. The van der Waals surface area contributed by atoms with Gasteiger partial charge in [-0.25, -0.2) is 0 Å². The van der Waals surface area contributed by atoms with Crippen molar-refractivity contribution in [3.8, 4) is 0 Å². The summed E-state index contributed by atoms with van der Waals surface area (Å²) in [6.45, 7) is 0.0117. The van der Waals surface area contributed by atoms with Crippen LogP contribution in [0.3, 0.4) is 0 Å². The fraction of sp³-hybridized carbons (Fsp3) is 0.909. The number of alkyl halides is 3. The van der Waals surface area contributed by atoms with Gasteiger partial charge in [0.1, 0.15) is 6.10 Å². The van der Waals surface area contributed by atoms with Crippen LogP contribution >= 0.6 is 0 Å². The number of nitrogens with one attached hydrogen (secondary N) is 1. The summed E-state index contributed by atoms with van der Waals surface area (Å²) >= 11 is 0. The van der Waals surface area contributed by atoms with Crippen molar-refractivity contribution < 1.29 is 22.7 Å². The Bertz CT molecular complexity index is 280. The Balaban J connectivity index is 2.50. The number of methoxy groups -OCH3 is 1. The van der Waals surface area contributed by atoms with E-state index in [9.17, 15) is 18.0 Å². The van der Waals surface area contributed by atoms with E-state index in [1.165, 1.54) is 7.11 Å². The number of amides is 1. The lowest BCUT2D eigenvalue weighted by Gasteiger charge is -2.31. The third-order valence-corrected chi connectivity index (χ3v) is 3.27. The maximum absolute atomic E-state index is 12.6. The highest BCUT2D eigenvalue weighted by Crippen LogP contribution is 2.37. The molecule has 0 aromatic heterocycles. The van der Waals surface area contributed by atoms with Crippen LogP contribution in [0.15, 0.2) is 0 Å². The summed E-state index contributed by atoms with van der Waals surface area (Å²) in [5.74, 6) is -1.76. The van der Waals surface area contributed by atoms with E-state index in [2.05, 4.69) is 5.32 Å². The molecule has 0 aromatic rings. The highest BCUT2D eigenvalue weighted by Gasteiger charge is 2.42. The largest absolute Gasteiger partial charge is 0.391 e. The van der Waals surface area contributed by atoms with Crippen LogP contribution < -0.4 is 11.1 Å². The third kappa shape index (κ3) is 4.13. The molecule has 1 rings (SSSR count). The Morgan fingerprint density at radius 2 is 2.17 bits per heavy atom. The van der Waals surface area contributed by atoms with Gasteiger partial charge in [-0.05, 0) is 19.3 Å². The molecule has 106 valence electrons. The minimum atomic E-state index is -4.18. The van der Waals surface area contributed by atoms with Crippen LogP contribution in [0.1, 0.15) is 25.7 Å². The molecule has 0 aromatic carbocycles. The van der Waals surface area contributed by atoms with Gasteiger partial charge in [0.15, 0.2) is 0 Å². The standard InChI is InChI=1S/C11H19F3N2O2/c1-18-9(6-15)10(17)16-8-4-2-3-7(5-8)11(12,13)14/h7-9H,2-6,15H2,1H3,(H,16,17). The maximum atomic E-state index is 12.6. The van der Waals surface area contributed by atoms with Crippen molar-refractivity contribution in [1.82, 2.24) is 5.32 Å². The van der Waals surface area contributed by atoms with Crippen LogP contribution in [0.25, 0.3) is 0 Å². The number of hydrogen-bond donors (Lipinski definition) is 2. The van der Waals surface area contributed by atoms with Crippen molar-refractivity contribution in [2.45, 2.75) is 44.0 Å². The topological polar surface area (TPSA) is 64.3 Å². The number of ether oxygens (including phenoxy) is 1. The van der Waals surface area contributed by atoms with Crippen molar-refractivity contribution in [2.75, 3.05) is 13.7 Å². The Morgan fingerprint density at radius 1 is 1.50 bits per heavy atom. The molecule has 3 N–H and O–H groups in total. The fourth-order valence-electron chi connectivity index (χ4n) is 2.22. The molecule has 1 aliphatic carbocycles. The predicted octanol–water partition coefficient (Wildman–Crippen LogP) is 1.20. The molecule has 7 heteroatoms. The molecule has 4 nitrogen and oxygen atoms in total. The summed E-state index contributed by atoms with van der Waals surface area (Å²) in [6, 6.07) is -0.443. The molecule has 0 heterocycles. The van der Waals surface area contributed by atoms with Gasteiger partial charge < -0.3 is 15.8 Å². The number of carbonyl (C=O) groups is 1. The summed E-state index contributed by atoms with van der Waals surface area (Å²) in [4.78, 5) is 11.6. The second-order valence-electron chi connectivity index (χ2n) is 4.57. The normalized spacial score (nSPS) is 26.7. The summed E-state index contributed by atoms with van der Waals surface area (Å²) in [6.07, 6.45) is -3.86. The molecule has 1 aliphatic rings. The molecule has 3 atom stereocenters. The quantitative estimate of drug-likeness (QED) is 0.805. The molecule has 1 fully saturated rings. The molecule has 0 saturated heterocycles. The third-order valence-electron chi connectivity index (χ3n) is 3.27. The van der Waals surface area contributed by atoms with Crippen LogP contribution in [0.5, 0.6) is 0 Å². The summed E-state index contributed by atoms with van der Waals surface area (Å²) < 4.78 is 42.6. The lowest BCUT2D eigenvalue weighted by Crippen LogP contribution is -2.47. The summed E-state index contributed by atoms with van der Waals surface area (Å²) in [5, 5.41) is 2.58. The van der Waals surface area contributed by atoms with Crippen molar-refractivity contribution >= 4 is 5.91 Å². The van der Waals surface area contributed by atoms with E-state index < -0.39 is 30.1 Å². The SMILES string of the molecule is COC(CN)C(=O)NC1CCCC(C(F)(F)F)C1. The zero-order valence-electron chi connectivity index (χ0n) is 10.3. The second kappa shape index (κ2) is 6.38. The lowest BCUT2D eigenvalue weighted by molar-refractivity contribution is -0.184. The molecular weight excluding hydrogens is 249 g/mol. The van der Waals surface area contributed by atoms with Crippen molar-refractivity contribution in [1.29, 1.82) is 0 Å². The summed E-state index contributed by atoms with van der Waals surface area (Å²) in [5.41, 5.74) is 5.32. The minimum Gasteiger partial charge on any atom is -0.370 e. The average Bonchev–Trinajstić information content (AvgIpc) is 2.29. The Labute approximate surface area is 104 Å². The number of rotatable bonds is 4. The Kier molecular flexibility index (Phi) is 5.40. The van der Waals surface area contributed by atoms with Crippen LogP contribution in [0.2, 0.25) is 0 Å². The zero-order valence-corrected chi connectivity index (χ0v) is 10.3. The van der Waals surface area contributed by atoms with E-state index in [1.807, 2.05) is 0 Å². The maximum Gasteiger partial charge on any atom is 0.391 e.